The molecule has 0 saturated heterocycles. The first-order chi connectivity index (χ1) is 13.7. The first-order valence-electron chi connectivity index (χ1n) is 8.79. The van der Waals surface area contributed by atoms with E-state index in [4.69, 9.17) is 9.47 Å². The van der Waals surface area contributed by atoms with Crippen LogP contribution in [0.15, 0.2) is 32.9 Å². The van der Waals surface area contributed by atoms with Crippen LogP contribution >= 0.6 is 0 Å². The fraction of sp³-hybridized carbons (Fsp3) is 0.368. The highest BCUT2D eigenvalue weighted by Crippen LogP contribution is 2.37. The molecule has 0 unspecified atom stereocenters. The number of nitrogens with zero attached hydrogens (tertiary/aromatic N) is 4. The Kier molecular flexibility index (Phi) is 5.19. The van der Waals surface area contributed by atoms with Crippen LogP contribution in [0, 0.1) is 0 Å². The van der Waals surface area contributed by atoms with Gasteiger partial charge in [-0.1, -0.05) is 6.07 Å². The molecular weight excluding hydrogens is 380 g/mol. The molecule has 29 heavy (non-hydrogen) atoms. The molecule has 1 atom stereocenters. The summed E-state index contributed by atoms with van der Waals surface area (Å²) in [5.74, 6) is 0.200. The Bertz CT molecular complexity index is 1130. The molecule has 0 bridgehead atoms. The molecule has 1 aromatic carbocycles. The monoisotopic (exact) mass is 402 g/mol. The van der Waals surface area contributed by atoms with Gasteiger partial charge in [0.1, 0.15) is 5.56 Å². The normalized spacial score (nSPS) is 16.0. The molecule has 1 aliphatic heterocycles. The summed E-state index contributed by atoms with van der Waals surface area (Å²) in [7, 11) is 5.70. The van der Waals surface area contributed by atoms with Crippen LogP contribution in [0.3, 0.4) is 0 Å². The van der Waals surface area contributed by atoms with Gasteiger partial charge in [-0.2, -0.15) is 5.10 Å². The van der Waals surface area contributed by atoms with Crippen LogP contribution in [0.25, 0.3) is 0 Å². The molecule has 10 heteroatoms. The lowest BCUT2D eigenvalue weighted by molar-refractivity contribution is -0.130. The van der Waals surface area contributed by atoms with Crippen molar-refractivity contribution >= 4 is 11.6 Å². The van der Waals surface area contributed by atoms with Gasteiger partial charge in [-0.3, -0.25) is 18.7 Å². The van der Waals surface area contributed by atoms with Gasteiger partial charge in [0, 0.05) is 27.4 Å². The summed E-state index contributed by atoms with van der Waals surface area (Å²) in [6.45, 7) is 1.36. The van der Waals surface area contributed by atoms with E-state index in [1.54, 1.807) is 18.2 Å². The van der Waals surface area contributed by atoms with Gasteiger partial charge < -0.3 is 14.6 Å². The number of rotatable bonds is 4. The number of hydrogen-bond acceptors (Lipinski definition) is 7. The maximum atomic E-state index is 12.6. The Labute approximate surface area is 166 Å². The van der Waals surface area contributed by atoms with Gasteiger partial charge in [0.05, 0.1) is 26.0 Å². The summed E-state index contributed by atoms with van der Waals surface area (Å²) in [4.78, 5) is 36.8. The molecule has 0 radical (unpaired) electrons. The van der Waals surface area contributed by atoms with Crippen molar-refractivity contribution in [3.63, 3.8) is 0 Å². The van der Waals surface area contributed by atoms with Crippen molar-refractivity contribution in [2.75, 3.05) is 14.2 Å². The molecular formula is C19H22N4O6. The highest BCUT2D eigenvalue weighted by atomic mass is 16.5. The molecule has 1 aliphatic rings. The summed E-state index contributed by atoms with van der Waals surface area (Å²) in [5, 5.41) is 15.9. The zero-order valence-electron chi connectivity index (χ0n) is 16.8. The van der Waals surface area contributed by atoms with Crippen LogP contribution in [0.5, 0.6) is 17.4 Å². The van der Waals surface area contributed by atoms with E-state index in [9.17, 15) is 19.5 Å². The first kappa shape index (κ1) is 20.2. The van der Waals surface area contributed by atoms with Crippen molar-refractivity contribution < 1.29 is 19.4 Å². The smallest absolute Gasteiger partial charge is 0.333 e. The van der Waals surface area contributed by atoms with Crippen molar-refractivity contribution in [2.24, 2.45) is 19.2 Å². The Morgan fingerprint density at radius 3 is 2.38 bits per heavy atom. The highest BCUT2D eigenvalue weighted by Gasteiger charge is 2.35. The topological polar surface area (TPSA) is 115 Å². The minimum Gasteiger partial charge on any atom is -0.494 e. The molecule has 1 amide bonds. The van der Waals surface area contributed by atoms with Crippen molar-refractivity contribution in [2.45, 2.75) is 19.4 Å². The third-order valence-electron chi connectivity index (χ3n) is 4.95. The fourth-order valence-electron chi connectivity index (χ4n) is 3.36. The van der Waals surface area contributed by atoms with Crippen molar-refractivity contribution in [3.8, 4) is 17.4 Å². The van der Waals surface area contributed by atoms with E-state index < -0.39 is 23.2 Å². The maximum Gasteiger partial charge on any atom is 0.333 e. The predicted octanol–water partition coefficient (Wildman–Crippen LogP) is 0.504. The summed E-state index contributed by atoms with van der Waals surface area (Å²) in [6.07, 6.45) is 0.177. The number of hydrazone groups is 1. The number of carbonyl (C=O) groups is 1. The minimum absolute atomic E-state index is 0.108. The van der Waals surface area contributed by atoms with E-state index in [1.165, 1.54) is 40.2 Å². The highest BCUT2D eigenvalue weighted by molar-refractivity contribution is 6.04. The van der Waals surface area contributed by atoms with Gasteiger partial charge in [-0.25, -0.2) is 9.80 Å². The third-order valence-corrected chi connectivity index (χ3v) is 4.95. The Morgan fingerprint density at radius 1 is 1.14 bits per heavy atom. The van der Waals surface area contributed by atoms with Gasteiger partial charge in [0.25, 0.3) is 5.56 Å². The third kappa shape index (κ3) is 3.26. The van der Waals surface area contributed by atoms with Crippen molar-refractivity contribution in [3.05, 3.63) is 50.2 Å². The van der Waals surface area contributed by atoms with Crippen LogP contribution in [-0.4, -0.2) is 45.1 Å². The Balaban J connectivity index is 2.11. The number of amides is 1. The molecule has 3 rings (SSSR count). The average molecular weight is 402 g/mol. The molecule has 2 aromatic rings. The van der Waals surface area contributed by atoms with Gasteiger partial charge in [0.15, 0.2) is 11.5 Å². The fourth-order valence-corrected chi connectivity index (χ4v) is 3.36. The van der Waals surface area contributed by atoms with Crippen molar-refractivity contribution in [1.29, 1.82) is 0 Å². The van der Waals surface area contributed by atoms with Crippen LogP contribution in [0.2, 0.25) is 0 Å². The molecule has 0 aliphatic carbocycles. The number of methoxy groups -OCH3 is 2. The summed E-state index contributed by atoms with van der Waals surface area (Å²) >= 11 is 0. The van der Waals surface area contributed by atoms with E-state index in [0.717, 1.165) is 14.7 Å². The molecule has 1 aromatic heterocycles. The van der Waals surface area contributed by atoms with E-state index in [0.29, 0.717) is 11.5 Å². The summed E-state index contributed by atoms with van der Waals surface area (Å²) in [5.41, 5.74) is -0.509. The van der Waals surface area contributed by atoms with Crippen LogP contribution in [-0.2, 0) is 18.9 Å². The lowest BCUT2D eigenvalue weighted by Gasteiger charge is -2.21. The first-order valence-corrected chi connectivity index (χ1v) is 8.79. The molecule has 154 valence electrons. The summed E-state index contributed by atoms with van der Waals surface area (Å²) < 4.78 is 12.4. The SMILES string of the molecule is COc1ccc([C@H]2CC(c3c(O)n(C)c(=O)n(C)c3=O)=NN2C(C)=O)cc1OC. The number of ether oxygens (including phenoxy) is 2. The molecule has 2 heterocycles. The predicted molar refractivity (Wildman–Crippen MR) is 105 cm³/mol. The quantitative estimate of drug-likeness (QED) is 0.797. The number of benzene rings is 1. The standard InChI is InChI=1S/C19H22N4O6/c1-10(24)23-13(11-6-7-14(28-4)15(8-11)29-5)9-12(20-23)16-17(25)21(2)19(27)22(3)18(16)26/h6-8,13,25H,9H2,1-5H3/t13-/m1/s1. The zero-order valence-corrected chi connectivity index (χ0v) is 16.8. The molecule has 0 fully saturated rings. The Hall–Kier alpha value is -3.56. The van der Waals surface area contributed by atoms with E-state index >= 15 is 0 Å². The van der Waals surface area contributed by atoms with Crippen molar-refractivity contribution in [1.82, 2.24) is 14.1 Å². The largest absolute Gasteiger partial charge is 0.494 e. The second kappa shape index (κ2) is 7.46. The minimum atomic E-state index is -0.680. The van der Waals surface area contributed by atoms with Crippen LogP contribution in [0.4, 0.5) is 0 Å². The molecule has 0 saturated carbocycles. The van der Waals surface area contributed by atoms with Gasteiger partial charge in [-0.05, 0) is 17.7 Å². The van der Waals surface area contributed by atoms with E-state index in [2.05, 4.69) is 5.10 Å². The maximum absolute atomic E-state index is 12.6. The molecule has 0 spiro atoms. The van der Waals surface area contributed by atoms with E-state index in [1.807, 2.05) is 0 Å². The van der Waals surface area contributed by atoms with Crippen LogP contribution in [0.1, 0.15) is 30.5 Å². The lowest BCUT2D eigenvalue weighted by atomic mass is 9.98. The van der Waals surface area contributed by atoms with E-state index in [-0.39, 0.29) is 23.6 Å². The second-order valence-corrected chi connectivity index (χ2v) is 6.65. The number of carbonyl (C=O) groups excluding carboxylic acids is 1. The number of hydrogen-bond donors (Lipinski definition) is 1. The average Bonchev–Trinajstić information content (AvgIpc) is 3.15. The van der Waals surface area contributed by atoms with Gasteiger partial charge in [0.2, 0.25) is 11.8 Å². The number of aromatic hydroxyl groups is 1. The Morgan fingerprint density at radius 2 is 1.79 bits per heavy atom. The summed E-state index contributed by atoms with van der Waals surface area (Å²) in [6, 6.07) is 4.71. The van der Waals surface area contributed by atoms with Crippen LogP contribution < -0.4 is 20.7 Å². The number of aromatic nitrogens is 2. The molecule has 10 nitrogen and oxygen atoms in total. The zero-order chi connectivity index (χ0) is 21.5. The molecule has 1 N–H and O–H groups in total. The second-order valence-electron chi connectivity index (χ2n) is 6.65. The van der Waals surface area contributed by atoms with Gasteiger partial charge >= 0.3 is 5.69 Å². The van der Waals surface area contributed by atoms with Gasteiger partial charge in [-0.15, -0.1) is 0 Å². The lowest BCUT2D eigenvalue weighted by Crippen LogP contribution is -2.39.